The highest BCUT2D eigenvalue weighted by Crippen LogP contribution is 2.39. The van der Waals surface area contributed by atoms with Crippen LogP contribution in [0.5, 0.6) is 11.5 Å². The topological polar surface area (TPSA) is 74.3 Å². The minimum Gasteiger partial charge on any atom is -0.493 e. The van der Waals surface area contributed by atoms with Crippen LogP contribution in [0.2, 0.25) is 5.02 Å². The summed E-state index contributed by atoms with van der Waals surface area (Å²) in [5.41, 5.74) is 1.91. The van der Waals surface area contributed by atoms with Gasteiger partial charge in [-0.1, -0.05) is 29.8 Å². The van der Waals surface area contributed by atoms with Gasteiger partial charge in [-0.25, -0.2) is 9.59 Å². The lowest BCUT2D eigenvalue weighted by Gasteiger charge is -2.37. The molecule has 0 saturated carbocycles. The molecular formula is C25H30ClNO6. The summed E-state index contributed by atoms with van der Waals surface area (Å²) in [6.45, 7) is 7.79. The fraction of sp³-hybridized carbons (Fsp3) is 0.440. The van der Waals surface area contributed by atoms with E-state index in [0.29, 0.717) is 23.1 Å². The zero-order valence-corrected chi connectivity index (χ0v) is 20.4. The van der Waals surface area contributed by atoms with Gasteiger partial charge in [0.05, 0.1) is 20.3 Å². The Labute approximate surface area is 199 Å². The Hall–Kier alpha value is -2.93. The molecule has 1 amide bonds. The normalized spacial score (nSPS) is 15.5. The highest BCUT2D eigenvalue weighted by Gasteiger charge is 2.39. The lowest BCUT2D eigenvalue weighted by Crippen LogP contribution is -2.50. The maximum atomic E-state index is 12.9. The van der Waals surface area contributed by atoms with Crippen molar-refractivity contribution < 1.29 is 28.5 Å². The minimum absolute atomic E-state index is 0.190. The van der Waals surface area contributed by atoms with Gasteiger partial charge in [-0.05, 0) is 57.0 Å². The van der Waals surface area contributed by atoms with Gasteiger partial charge in [-0.3, -0.25) is 4.90 Å². The van der Waals surface area contributed by atoms with Gasteiger partial charge >= 0.3 is 12.1 Å². The van der Waals surface area contributed by atoms with Crippen molar-refractivity contribution in [1.82, 2.24) is 4.90 Å². The smallest absolute Gasteiger partial charge is 0.411 e. The first-order valence-corrected chi connectivity index (χ1v) is 11.2. The average molecular weight is 476 g/mol. The molecule has 33 heavy (non-hydrogen) atoms. The lowest BCUT2D eigenvalue weighted by molar-refractivity contribution is -0.150. The van der Waals surface area contributed by atoms with Gasteiger partial charge in [-0.15, -0.1) is 0 Å². The van der Waals surface area contributed by atoms with E-state index in [1.807, 2.05) is 18.2 Å². The summed E-state index contributed by atoms with van der Waals surface area (Å²) in [5.74, 6) is 0.611. The summed E-state index contributed by atoms with van der Waals surface area (Å²) in [6, 6.07) is 10.2. The van der Waals surface area contributed by atoms with Crippen molar-refractivity contribution in [2.45, 2.75) is 58.9 Å². The number of amides is 1. The summed E-state index contributed by atoms with van der Waals surface area (Å²) in [4.78, 5) is 27.1. The molecule has 7 nitrogen and oxygen atoms in total. The summed E-state index contributed by atoms with van der Waals surface area (Å²) in [7, 11) is 1.57. The van der Waals surface area contributed by atoms with E-state index in [2.05, 4.69) is 0 Å². The van der Waals surface area contributed by atoms with Crippen LogP contribution >= 0.6 is 11.6 Å². The number of methoxy groups -OCH3 is 1. The second-order valence-corrected chi connectivity index (χ2v) is 9.17. The van der Waals surface area contributed by atoms with Crippen LogP contribution in [0.15, 0.2) is 36.4 Å². The maximum absolute atomic E-state index is 12.9. The standard InChI is InChI=1S/C25H30ClNO6/c1-6-31-23(28)20-13-19-17(14-27(20)24(29)33-25(2,3)4)9-12-21(30-5)22(19)32-15-16-7-10-18(26)11-8-16/h7-12,20H,6,13-15H2,1-5H3/t20-/m0/s1. The number of esters is 1. The first-order chi connectivity index (χ1) is 15.6. The average Bonchev–Trinajstić information content (AvgIpc) is 2.76. The van der Waals surface area contributed by atoms with E-state index in [4.69, 9.17) is 30.5 Å². The van der Waals surface area contributed by atoms with E-state index in [1.54, 1.807) is 53.0 Å². The Morgan fingerprint density at radius 2 is 1.82 bits per heavy atom. The van der Waals surface area contributed by atoms with E-state index < -0.39 is 23.7 Å². The lowest BCUT2D eigenvalue weighted by atomic mass is 9.92. The Bertz CT molecular complexity index is 999. The minimum atomic E-state index is -0.836. The molecule has 2 aromatic carbocycles. The van der Waals surface area contributed by atoms with Crippen molar-refractivity contribution in [3.8, 4) is 11.5 Å². The number of hydrogen-bond acceptors (Lipinski definition) is 6. The third kappa shape index (κ3) is 6.11. The zero-order chi connectivity index (χ0) is 24.2. The Morgan fingerprint density at radius 3 is 2.42 bits per heavy atom. The summed E-state index contributed by atoms with van der Waals surface area (Å²) in [5, 5.41) is 0.646. The highest BCUT2D eigenvalue weighted by atomic mass is 35.5. The quantitative estimate of drug-likeness (QED) is 0.538. The molecule has 3 rings (SSSR count). The zero-order valence-electron chi connectivity index (χ0n) is 19.6. The fourth-order valence-electron chi connectivity index (χ4n) is 3.63. The molecule has 0 bridgehead atoms. The molecular weight excluding hydrogens is 446 g/mol. The maximum Gasteiger partial charge on any atom is 0.411 e. The molecule has 2 aromatic rings. The van der Waals surface area contributed by atoms with Crippen molar-refractivity contribution in [2.75, 3.05) is 13.7 Å². The largest absolute Gasteiger partial charge is 0.493 e. The van der Waals surface area contributed by atoms with Crippen molar-refractivity contribution >= 4 is 23.7 Å². The summed E-state index contributed by atoms with van der Waals surface area (Å²) >= 11 is 5.97. The molecule has 1 atom stereocenters. The van der Waals surface area contributed by atoms with Crippen molar-refractivity contribution in [1.29, 1.82) is 0 Å². The van der Waals surface area contributed by atoms with Gasteiger partial charge in [0.2, 0.25) is 0 Å². The van der Waals surface area contributed by atoms with Crippen LogP contribution in [0.25, 0.3) is 0 Å². The Balaban J connectivity index is 1.95. The predicted molar refractivity (Wildman–Crippen MR) is 125 cm³/mol. The number of carbonyl (C=O) groups excluding carboxylic acids is 2. The van der Waals surface area contributed by atoms with Gasteiger partial charge in [0.15, 0.2) is 11.5 Å². The molecule has 0 spiro atoms. The molecule has 0 unspecified atom stereocenters. The monoisotopic (exact) mass is 475 g/mol. The number of ether oxygens (including phenoxy) is 4. The highest BCUT2D eigenvalue weighted by molar-refractivity contribution is 6.30. The van der Waals surface area contributed by atoms with Gasteiger partial charge in [-0.2, -0.15) is 0 Å². The van der Waals surface area contributed by atoms with Crippen LogP contribution in [-0.2, 0) is 33.8 Å². The van der Waals surface area contributed by atoms with Gasteiger partial charge < -0.3 is 18.9 Å². The molecule has 8 heteroatoms. The molecule has 0 radical (unpaired) electrons. The van der Waals surface area contributed by atoms with Gasteiger partial charge in [0, 0.05) is 17.0 Å². The molecule has 1 heterocycles. The van der Waals surface area contributed by atoms with Crippen LogP contribution in [0.1, 0.15) is 44.4 Å². The molecule has 1 aliphatic rings. The third-order valence-corrected chi connectivity index (χ3v) is 5.39. The first-order valence-electron chi connectivity index (χ1n) is 10.8. The predicted octanol–water partition coefficient (Wildman–Crippen LogP) is 5.15. The van der Waals surface area contributed by atoms with Crippen molar-refractivity contribution in [3.05, 3.63) is 58.1 Å². The fourth-order valence-corrected chi connectivity index (χ4v) is 3.76. The molecule has 0 aliphatic carbocycles. The van der Waals surface area contributed by atoms with Crippen molar-refractivity contribution in [3.63, 3.8) is 0 Å². The first kappa shape index (κ1) is 24.7. The van der Waals surface area contributed by atoms with Crippen LogP contribution < -0.4 is 9.47 Å². The van der Waals surface area contributed by atoms with E-state index in [9.17, 15) is 9.59 Å². The summed E-state index contributed by atoms with van der Waals surface area (Å²) < 4.78 is 22.5. The van der Waals surface area contributed by atoms with Crippen LogP contribution in [-0.4, -0.2) is 42.3 Å². The van der Waals surface area contributed by atoms with Crippen LogP contribution in [0.4, 0.5) is 4.79 Å². The number of benzene rings is 2. The third-order valence-electron chi connectivity index (χ3n) is 5.14. The Morgan fingerprint density at radius 1 is 1.12 bits per heavy atom. The molecule has 0 N–H and O–H groups in total. The van der Waals surface area contributed by atoms with E-state index in [-0.39, 0.29) is 19.6 Å². The molecule has 0 aromatic heterocycles. The number of rotatable bonds is 6. The Kier molecular flexibility index (Phi) is 7.74. The number of halogens is 1. The SMILES string of the molecule is CCOC(=O)[C@@H]1Cc2c(ccc(OC)c2OCc2ccc(Cl)cc2)CN1C(=O)OC(C)(C)C. The number of fused-ring (bicyclic) bond motifs is 1. The number of nitrogens with zero attached hydrogens (tertiary/aromatic N) is 1. The van der Waals surface area contributed by atoms with E-state index >= 15 is 0 Å². The second kappa shape index (κ2) is 10.3. The molecule has 0 fully saturated rings. The van der Waals surface area contributed by atoms with E-state index in [1.165, 1.54) is 4.90 Å². The number of carbonyl (C=O) groups is 2. The molecule has 1 aliphatic heterocycles. The van der Waals surface area contributed by atoms with Crippen LogP contribution in [0, 0.1) is 0 Å². The van der Waals surface area contributed by atoms with Crippen LogP contribution in [0.3, 0.4) is 0 Å². The second-order valence-electron chi connectivity index (χ2n) is 8.73. The number of hydrogen-bond donors (Lipinski definition) is 0. The molecule has 178 valence electrons. The van der Waals surface area contributed by atoms with Gasteiger partial charge in [0.25, 0.3) is 0 Å². The summed E-state index contributed by atoms with van der Waals surface area (Å²) in [6.07, 6.45) is -0.341. The molecule has 0 saturated heterocycles. The van der Waals surface area contributed by atoms with E-state index in [0.717, 1.165) is 16.7 Å². The van der Waals surface area contributed by atoms with Crippen molar-refractivity contribution in [2.24, 2.45) is 0 Å². The van der Waals surface area contributed by atoms with Gasteiger partial charge in [0.1, 0.15) is 18.2 Å².